The van der Waals surface area contributed by atoms with E-state index in [0.29, 0.717) is 5.69 Å². The Hall–Kier alpha value is -2.90. The lowest BCUT2D eigenvalue weighted by Gasteiger charge is -2.23. The normalized spacial score (nSPS) is 13.3. The van der Waals surface area contributed by atoms with Crippen molar-refractivity contribution in [3.05, 3.63) is 76.8 Å². The molecule has 0 bridgehead atoms. The number of rotatable bonds is 5. The van der Waals surface area contributed by atoms with Gasteiger partial charge in [0.1, 0.15) is 5.60 Å². The molecule has 0 aliphatic heterocycles. The summed E-state index contributed by atoms with van der Waals surface area (Å²) in [4.78, 5) is 16.1. The van der Waals surface area contributed by atoms with Gasteiger partial charge >= 0.3 is 0 Å². The van der Waals surface area contributed by atoms with Gasteiger partial charge in [0.15, 0.2) is 11.5 Å². The average Bonchev–Trinajstić information content (AvgIpc) is 2.96. The van der Waals surface area contributed by atoms with Crippen LogP contribution in [-0.2, 0) is 17.8 Å². The maximum Gasteiger partial charge on any atom is 0.190 e. The zero-order valence-corrected chi connectivity index (χ0v) is 15.3. The molecule has 26 heavy (non-hydrogen) atoms. The minimum atomic E-state index is -1.47. The number of aliphatic hydroxyl groups is 1. The second-order valence-corrected chi connectivity index (χ2v) is 7.11. The first-order valence-corrected chi connectivity index (χ1v) is 8.58. The minimum absolute atomic E-state index is 0.143. The molecule has 3 rings (SSSR count). The van der Waals surface area contributed by atoms with Crippen LogP contribution in [-0.4, -0.2) is 21.1 Å². The highest BCUT2D eigenvalue weighted by atomic mass is 16.3. The molecule has 0 amide bonds. The first-order valence-electron chi connectivity index (χ1n) is 8.58. The van der Waals surface area contributed by atoms with E-state index >= 15 is 0 Å². The molecule has 0 unspecified atom stereocenters. The summed E-state index contributed by atoms with van der Waals surface area (Å²) < 4.78 is 1.92. The van der Waals surface area contributed by atoms with Crippen molar-refractivity contribution in [1.82, 2.24) is 4.57 Å². The highest BCUT2D eigenvalue weighted by Crippen LogP contribution is 2.23. The SMILES string of the molecule is [C-]#[N+]c1ccc(CC(=O)[C@@](C)(O)Cn2ccc3ccc(C)cc32)cc1C. The van der Waals surface area contributed by atoms with Crippen molar-refractivity contribution >= 4 is 22.4 Å². The third kappa shape index (κ3) is 3.54. The number of fused-ring (bicyclic) bond motifs is 1. The molecular weight excluding hydrogens is 324 g/mol. The number of aromatic nitrogens is 1. The van der Waals surface area contributed by atoms with Crippen LogP contribution in [0, 0.1) is 20.4 Å². The Morgan fingerprint density at radius 3 is 2.65 bits per heavy atom. The topological polar surface area (TPSA) is 46.6 Å². The van der Waals surface area contributed by atoms with Crippen molar-refractivity contribution in [2.45, 2.75) is 39.3 Å². The summed E-state index contributed by atoms with van der Waals surface area (Å²) in [6.07, 6.45) is 2.05. The molecule has 1 aromatic heterocycles. The minimum Gasteiger partial charge on any atom is -0.380 e. The van der Waals surface area contributed by atoms with Gasteiger partial charge in [-0.25, -0.2) is 4.85 Å². The van der Waals surface area contributed by atoms with Crippen LogP contribution in [0.15, 0.2) is 48.7 Å². The van der Waals surface area contributed by atoms with E-state index < -0.39 is 5.60 Å². The second kappa shape index (κ2) is 6.78. The maximum atomic E-state index is 12.7. The largest absolute Gasteiger partial charge is 0.380 e. The van der Waals surface area contributed by atoms with Crippen LogP contribution >= 0.6 is 0 Å². The fourth-order valence-electron chi connectivity index (χ4n) is 3.18. The fourth-order valence-corrected chi connectivity index (χ4v) is 3.18. The number of ketones is 1. The predicted octanol–water partition coefficient (Wildman–Crippen LogP) is 4.37. The Morgan fingerprint density at radius 2 is 1.96 bits per heavy atom. The van der Waals surface area contributed by atoms with Crippen LogP contribution in [0.5, 0.6) is 0 Å². The molecule has 0 saturated carbocycles. The third-order valence-electron chi connectivity index (χ3n) is 4.75. The Labute approximate surface area is 153 Å². The summed E-state index contributed by atoms with van der Waals surface area (Å²) >= 11 is 0. The van der Waals surface area contributed by atoms with E-state index in [2.05, 4.69) is 10.9 Å². The van der Waals surface area contributed by atoms with Crippen LogP contribution in [0.3, 0.4) is 0 Å². The van der Waals surface area contributed by atoms with Crippen molar-refractivity contribution in [3.8, 4) is 0 Å². The van der Waals surface area contributed by atoms with Gasteiger partial charge in [-0.3, -0.25) is 4.79 Å². The summed E-state index contributed by atoms with van der Waals surface area (Å²) in [5, 5.41) is 11.9. The number of nitrogens with zero attached hydrogens (tertiary/aromatic N) is 2. The molecule has 0 saturated heterocycles. The molecule has 0 spiro atoms. The van der Waals surface area contributed by atoms with Crippen molar-refractivity contribution in [2.24, 2.45) is 0 Å². The van der Waals surface area contributed by atoms with Crippen molar-refractivity contribution in [3.63, 3.8) is 0 Å². The van der Waals surface area contributed by atoms with Crippen LogP contribution in [0.1, 0.15) is 23.6 Å². The monoisotopic (exact) mass is 346 g/mol. The van der Waals surface area contributed by atoms with E-state index in [9.17, 15) is 9.90 Å². The molecule has 3 aromatic rings. The van der Waals surface area contributed by atoms with Crippen molar-refractivity contribution < 1.29 is 9.90 Å². The summed E-state index contributed by atoms with van der Waals surface area (Å²) in [6, 6.07) is 13.5. The van der Waals surface area contributed by atoms with Crippen molar-refractivity contribution in [1.29, 1.82) is 0 Å². The molecule has 0 radical (unpaired) electrons. The zero-order valence-electron chi connectivity index (χ0n) is 15.3. The van der Waals surface area contributed by atoms with Gasteiger partial charge in [-0.15, -0.1) is 0 Å². The van der Waals surface area contributed by atoms with E-state index in [4.69, 9.17) is 6.57 Å². The number of Topliss-reactive ketones (excluding diaryl/α,β-unsaturated/α-hetero) is 1. The van der Waals surface area contributed by atoms with Crippen molar-refractivity contribution in [2.75, 3.05) is 0 Å². The molecule has 0 aliphatic carbocycles. The number of aryl methyl sites for hydroxylation is 2. The maximum absolute atomic E-state index is 12.7. The lowest BCUT2D eigenvalue weighted by molar-refractivity contribution is -0.136. The van der Waals surface area contributed by atoms with Gasteiger partial charge in [-0.2, -0.15) is 0 Å². The highest BCUT2D eigenvalue weighted by molar-refractivity contribution is 5.89. The van der Waals surface area contributed by atoms with Gasteiger partial charge in [0.25, 0.3) is 0 Å². The van der Waals surface area contributed by atoms with Gasteiger partial charge < -0.3 is 9.67 Å². The Kier molecular flexibility index (Phi) is 4.67. The number of hydrogen-bond donors (Lipinski definition) is 1. The molecule has 0 aliphatic rings. The lowest BCUT2D eigenvalue weighted by atomic mass is 9.94. The molecule has 1 heterocycles. The van der Waals surface area contributed by atoms with E-state index in [1.807, 2.05) is 48.9 Å². The standard InChI is InChI=1S/C22H22N2O2/c1-15-5-7-18-9-10-24(20(18)11-15)14-22(3,26)21(25)13-17-6-8-19(23-4)16(2)12-17/h5-12,26H,13-14H2,1-3H3/t22-/m0/s1. The Morgan fingerprint density at radius 1 is 1.19 bits per heavy atom. The number of carbonyl (C=O) groups excluding carboxylic acids is 1. The molecule has 4 nitrogen and oxygen atoms in total. The number of carbonyl (C=O) groups is 1. The molecule has 0 fully saturated rings. The molecule has 2 aromatic carbocycles. The van der Waals surface area contributed by atoms with Crippen LogP contribution in [0.25, 0.3) is 15.7 Å². The molecule has 1 atom stereocenters. The smallest absolute Gasteiger partial charge is 0.190 e. The van der Waals surface area contributed by atoms with E-state index in [0.717, 1.165) is 27.6 Å². The average molecular weight is 346 g/mol. The fraction of sp³-hybridized carbons (Fsp3) is 0.273. The highest BCUT2D eigenvalue weighted by Gasteiger charge is 2.30. The third-order valence-corrected chi connectivity index (χ3v) is 4.75. The van der Waals surface area contributed by atoms with E-state index in [-0.39, 0.29) is 18.7 Å². The summed E-state index contributed by atoms with van der Waals surface area (Å²) in [7, 11) is 0. The van der Waals surface area contributed by atoms with Gasteiger partial charge in [0.2, 0.25) is 0 Å². The summed E-state index contributed by atoms with van der Waals surface area (Å²) in [5.74, 6) is -0.234. The zero-order chi connectivity index (χ0) is 18.9. The summed E-state index contributed by atoms with van der Waals surface area (Å²) in [5.41, 5.74) is 2.92. The van der Waals surface area contributed by atoms with E-state index in [1.54, 1.807) is 19.1 Å². The van der Waals surface area contributed by atoms with Gasteiger partial charge in [0.05, 0.1) is 13.1 Å². The van der Waals surface area contributed by atoms with Gasteiger partial charge in [0, 0.05) is 18.1 Å². The summed E-state index contributed by atoms with van der Waals surface area (Å²) in [6.45, 7) is 12.8. The quantitative estimate of drug-likeness (QED) is 0.697. The first-order chi connectivity index (χ1) is 12.3. The second-order valence-electron chi connectivity index (χ2n) is 7.11. The molecule has 1 N–H and O–H groups in total. The van der Waals surface area contributed by atoms with Crippen LogP contribution < -0.4 is 0 Å². The lowest BCUT2D eigenvalue weighted by Crippen LogP contribution is -2.40. The molecular formula is C22H22N2O2. The van der Waals surface area contributed by atoms with E-state index in [1.165, 1.54) is 0 Å². The molecule has 4 heteroatoms. The Balaban J connectivity index is 1.80. The van der Waals surface area contributed by atoms with Gasteiger partial charge in [-0.05, 0) is 55.0 Å². The number of hydrogen-bond acceptors (Lipinski definition) is 2. The number of benzene rings is 2. The predicted molar refractivity (Wildman–Crippen MR) is 103 cm³/mol. The Bertz CT molecular complexity index is 1020. The first kappa shape index (κ1) is 17.9. The van der Waals surface area contributed by atoms with Crippen LogP contribution in [0.4, 0.5) is 5.69 Å². The molecule has 132 valence electrons. The van der Waals surface area contributed by atoms with Crippen LogP contribution in [0.2, 0.25) is 0 Å². The van der Waals surface area contributed by atoms with Gasteiger partial charge in [-0.1, -0.05) is 30.3 Å².